The smallest absolute Gasteiger partial charge is 0.306 e. The first kappa shape index (κ1) is 26.4. The number of rotatable bonds is 3. The minimum atomic E-state index is -0.164. The van der Waals surface area contributed by atoms with E-state index in [1.54, 1.807) is 0 Å². The zero-order chi connectivity index (χ0) is 22.2. The summed E-state index contributed by atoms with van der Waals surface area (Å²) in [5, 5.41) is 0. The summed E-state index contributed by atoms with van der Waals surface area (Å²) in [6, 6.07) is 0. The van der Waals surface area contributed by atoms with Crippen molar-refractivity contribution in [2.45, 2.75) is 135 Å². The molecule has 0 amide bonds. The molecule has 0 spiro atoms. The van der Waals surface area contributed by atoms with Crippen molar-refractivity contribution in [2.75, 3.05) is 0 Å². The molecule has 1 aliphatic heterocycles. The largest absolute Gasteiger partial charge is 0.462 e. The van der Waals surface area contributed by atoms with E-state index in [2.05, 4.69) is 0 Å². The number of carbonyl (C=O) groups excluding carboxylic acids is 3. The third kappa shape index (κ3) is 12.2. The van der Waals surface area contributed by atoms with Crippen LogP contribution >= 0.6 is 0 Å². The molecule has 1 rings (SSSR count). The second-order valence-electron chi connectivity index (χ2n) is 8.30. The highest BCUT2D eigenvalue weighted by molar-refractivity contribution is 5.70. The van der Waals surface area contributed by atoms with Gasteiger partial charge in [0.05, 0.1) is 0 Å². The Hall–Kier alpha value is -1.59. The zero-order valence-corrected chi connectivity index (χ0v) is 19.3. The van der Waals surface area contributed by atoms with Crippen LogP contribution in [0.5, 0.6) is 0 Å². The van der Waals surface area contributed by atoms with Gasteiger partial charge in [-0.25, -0.2) is 0 Å². The highest BCUT2D eigenvalue weighted by Gasteiger charge is 2.17. The van der Waals surface area contributed by atoms with E-state index in [9.17, 15) is 14.4 Å². The van der Waals surface area contributed by atoms with Crippen LogP contribution in [0.15, 0.2) is 0 Å². The number of hydrogen-bond acceptors (Lipinski definition) is 6. The molecule has 1 saturated heterocycles. The minimum Gasteiger partial charge on any atom is -0.462 e. The van der Waals surface area contributed by atoms with E-state index in [0.29, 0.717) is 19.3 Å². The third-order valence-electron chi connectivity index (χ3n) is 5.73. The molecule has 6 nitrogen and oxygen atoms in total. The molecule has 3 atom stereocenters. The molecular weight excluding hydrogens is 384 g/mol. The number of cyclic esters (lactones) is 3. The van der Waals surface area contributed by atoms with Crippen molar-refractivity contribution in [1.82, 2.24) is 0 Å². The Morgan fingerprint density at radius 1 is 0.533 bits per heavy atom. The van der Waals surface area contributed by atoms with Crippen LogP contribution in [0.3, 0.4) is 0 Å². The van der Waals surface area contributed by atoms with Crippen molar-refractivity contribution >= 4 is 17.9 Å². The molecule has 0 bridgehead atoms. The molecule has 0 aliphatic carbocycles. The number of carbonyl (C=O) groups is 3. The molecule has 174 valence electrons. The Morgan fingerprint density at radius 3 is 1.03 bits per heavy atom. The van der Waals surface area contributed by atoms with Crippen LogP contribution in [0.25, 0.3) is 0 Å². The van der Waals surface area contributed by atoms with Crippen molar-refractivity contribution < 1.29 is 28.6 Å². The number of ether oxygens (including phenoxy) is 3. The van der Waals surface area contributed by atoms with E-state index < -0.39 is 0 Å². The summed E-state index contributed by atoms with van der Waals surface area (Å²) < 4.78 is 16.8. The number of esters is 3. The van der Waals surface area contributed by atoms with E-state index in [-0.39, 0.29) is 36.2 Å². The minimum absolute atomic E-state index is 0.0876. The van der Waals surface area contributed by atoms with E-state index in [0.717, 1.165) is 77.0 Å². The maximum Gasteiger partial charge on any atom is 0.306 e. The van der Waals surface area contributed by atoms with Gasteiger partial charge >= 0.3 is 17.9 Å². The van der Waals surface area contributed by atoms with E-state index in [4.69, 9.17) is 14.2 Å². The quantitative estimate of drug-likeness (QED) is 0.429. The van der Waals surface area contributed by atoms with E-state index in [1.807, 2.05) is 20.8 Å². The van der Waals surface area contributed by atoms with Gasteiger partial charge in [0.1, 0.15) is 18.3 Å². The van der Waals surface area contributed by atoms with E-state index >= 15 is 0 Å². The molecule has 0 aromatic carbocycles. The monoisotopic (exact) mass is 426 g/mol. The first-order valence-electron chi connectivity index (χ1n) is 12.1. The van der Waals surface area contributed by atoms with Crippen LogP contribution in [-0.2, 0) is 28.6 Å². The summed E-state index contributed by atoms with van der Waals surface area (Å²) in [6.45, 7) is 6.04. The van der Waals surface area contributed by atoms with Gasteiger partial charge < -0.3 is 14.2 Å². The van der Waals surface area contributed by atoms with E-state index in [1.165, 1.54) is 0 Å². The molecule has 1 aliphatic rings. The summed E-state index contributed by atoms with van der Waals surface area (Å²) in [6.07, 6.45) is 10.4. The fraction of sp³-hybridized carbons (Fsp3) is 0.875. The molecule has 1 fully saturated rings. The lowest BCUT2D eigenvalue weighted by Gasteiger charge is -2.17. The molecule has 1 heterocycles. The summed E-state index contributed by atoms with van der Waals surface area (Å²) in [4.78, 5) is 36.3. The van der Waals surface area contributed by atoms with Gasteiger partial charge in [-0.05, 0) is 77.0 Å². The lowest BCUT2D eigenvalue weighted by Crippen LogP contribution is -2.18. The van der Waals surface area contributed by atoms with Crippen molar-refractivity contribution in [2.24, 2.45) is 0 Å². The van der Waals surface area contributed by atoms with Crippen LogP contribution in [0.2, 0.25) is 0 Å². The first-order chi connectivity index (χ1) is 14.5. The maximum atomic E-state index is 12.1. The predicted octanol–water partition coefficient (Wildman–Crippen LogP) is 5.65. The lowest BCUT2D eigenvalue weighted by atomic mass is 10.1. The normalized spacial score (nSPS) is 27.3. The van der Waals surface area contributed by atoms with Gasteiger partial charge in [0.25, 0.3) is 0 Å². The van der Waals surface area contributed by atoms with Crippen LogP contribution in [0.1, 0.15) is 117 Å². The molecule has 0 saturated carbocycles. The van der Waals surface area contributed by atoms with Crippen molar-refractivity contribution in [1.29, 1.82) is 0 Å². The Bertz CT molecular complexity index is 433. The molecular formula is C24H42O6. The second-order valence-corrected chi connectivity index (χ2v) is 8.30. The van der Waals surface area contributed by atoms with Gasteiger partial charge in [0, 0.05) is 19.3 Å². The van der Waals surface area contributed by atoms with Gasteiger partial charge in [0.15, 0.2) is 0 Å². The van der Waals surface area contributed by atoms with Gasteiger partial charge in [-0.3, -0.25) is 14.4 Å². The molecule has 6 heteroatoms. The predicted molar refractivity (Wildman–Crippen MR) is 116 cm³/mol. The van der Waals surface area contributed by atoms with Gasteiger partial charge in [-0.15, -0.1) is 0 Å². The van der Waals surface area contributed by atoms with Crippen molar-refractivity contribution in [3.8, 4) is 0 Å². The standard InChI is InChI=1S/C24H42O6/c1-4-19-13-7-10-17-23(26)29-21(6-3)15-9-12-18-24(27)30-20(5-2)14-8-11-16-22(25)28-19/h19-21H,4-18H2,1-3H3. The number of hydrogen-bond donors (Lipinski definition) is 0. The highest BCUT2D eigenvalue weighted by atomic mass is 16.6. The summed E-state index contributed by atoms with van der Waals surface area (Å²) in [5.41, 5.74) is 0. The summed E-state index contributed by atoms with van der Waals surface area (Å²) in [7, 11) is 0. The molecule has 3 unspecified atom stereocenters. The third-order valence-corrected chi connectivity index (χ3v) is 5.73. The first-order valence-corrected chi connectivity index (χ1v) is 12.1. The maximum absolute atomic E-state index is 12.1. The topological polar surface area (TPSA) is 78.9 Å². The molecule has 0 aromatic heterocycles. The Morgan fingerprint density at radius 2 is 0.800 bits per heavy atom. The van der Waals surface area contributed by atoms with Crippen LogP contribution in [0, 0.1) is 0 Å². The summed E-state index contributed by atoms with van der Waals surface area (Å²) >= 11 is 0. The Kier molecular flexibility index (Phi) is 14.2. The highest BCUT2D eigenvalue weighted by Crippen LogP contribution is 2.17. The van der Waals surface area contributed by atoms with Gasteiger partial charge in [-0.2, -0.15) is 0 Å². The zero-order valence-electron chi connectivity index (χ0n) is 19.3. The van der Waals surface area contributed by atoms with Gasteiger partial charge in [-0.1, -0.05) is 20.8 Å². The molecule has 0 aromatic rings. The summed E-state index contributed by atoms with van der Waals surface area (Å²) in [5.74, 6) is -0.492. The average Bonchev–Trinajstić information content (AvgIpc) is 2.73. The fourth-order valence-electron chi connectivity index (χ4n) is 3.70. The Labute approximate surface area is 182 Å². The molecule has 0 N–H and O–H groups in total. The van der Waals surface area contributed by atoms with Crippen molar-refractivity contribution in [3.05, 3.63) is 0 Å². The van der Waals surface area contributed by atoms with Crippen molar-refractivity contribution in [3.63, 3.8) is 0 Å². The lowest BCUT2D eigenvalue weighted by molar-refractivity contribution is -0.151. The fourth-order valence-corrected chi connectivity index (χ4v) is 3.70. The average molecular weight is 427 g/mol. The molecule has 0 radical (unpaired) electrons. The van der Waals surface area contributed by atoms with Crippen LogP contribution in [0.4, 0.5) is 0 Å². The SMILES string of the molecule is CCC1CCCCC(=O)OC(CC)CCCCC(=O)OC(CC)CCCCC(=O)O1. The molecule has 30 heavy (non-hydrogen) atoms. The van der Waals surface area contributed by atoms with Crippen LogP contribution < -0.4 is 0 Å². The van der Waals surface area contributed by atoms with Gasteiger partial charge in [0.2, 0.25) is 0 Å². The Balaban J connectivity index is 2.61. The van der Waals surface area contributed by atoms with Crippen LogP contribution in [-0.4, -0.2) is 36.2 Å². The second kappa shape index (κ2) is 16.1.